The van der Waals surface area contributed by atoms with Crippen molar-refractivity contribution >= 4 is 17.5 Å². The number of aromatic nitrogens is 1. The van der Waals surface area contributed by atoms with Gasteiger partial charge in [0.25, 0.3) is 0 Å². The minimum Gasteiger partial charge on any atom is -0.477 e. The Labute approximate surface area is 134 Å². The molecule has 2 aromatic rings. The van der Waals surface area contributed by atoms with Crippen molar-refractivity contribution < 1.29 is 9.53 Å². The van der Waals surface area contributed by atoms with E-state index in [2.05, 4.69) is 10.3 Å². The Bertz CT molecular complexity index is 703. The molecule has 1 atom stereocenters. The maximum absolute atomic E-state index is 12.5. The molecular formula is C17H17ClN2O2. The second kappa shape index (κ2) is 6.36. The van der Waals surface area contributed by atoms with Crippen LogP contribution in [0.15, 0.2) is 36.5 Å². The van der Waals surface area contributed by atoms with Crippen molar-refractivity contribution in [3.63, 3.8) is 0 Å². The summed E-state index contributed by atoms with van der Waals surface area (Å²) in [5.41, 5.74) is 2.88. The molecule has 2 heterocycles. The number of halogens is 1. The number of amides is 1. The molecule has 0 bridgehead atoms. The van der Waals surface area contributed by atoms with Crippen LogP contribution in [0.1, 0.15) is 29.0 Å². The van der Waals surface area contributed by atoms with E-state index < -0.39 is 0 Å². The summed E-state index contributed by atoms with van der Waals surface area (Å²) < 4.78 is 5.49. The number of pyridine rings is 1. The Morgan fingerprint density at radius 1 is 1.41 bits per heavy atom. The number of carbonyl (C=O) groups excluding carboxylic acids is 1. The normalized spacial score (nSPS) is 16.5. The highest BCUT2D eigenvalue weighted by Crippen LogP contribution is 2.31. The van der Waals surface area contributed by atoms with Crippen LogP contribution < -0.4 is 10.1 Å². The summed E-state index contributed by atoms with van der Waals surface area (Å²) in [4.78, 5) is 16.7. The van der Waals surface area contributed by atoms with Gasteiger partial charge in [-0.3, -0.25) is 4.79 Å². The van der Waals surface area contributed by atoms with Crippen molar-refractivity contribution in [2.45, 2.75) is 25.8 Å². The molecule has 1 aromatic heterocycles. The first-order valence-electron chi connectivity index (χ1n) is 7.26. The second-order valence-electron chi connectivity index (χ2n) is 5.33. The van der Waals surface area contributed by atoms with E-state index in [1.54, 1.807) is 6.20 Å². The van der Waals surface area contributed by atoms with E-state index in [0.717, 1.165) is 16.7 Å². The van der Waals surface area contributed by atoms with Gasteiger partial charge in [0.2, 0.25) is 11.8 Å². The Morgan fingerprint density at radius 2 is 2.27 bits per heavy atom. The smallest absolute Gasteiger partial charge is 0.228 e. The van der Waals surface area contributed by atoms with Crippen LogP contribution in [-0.4, -0.2) is 17.5 Å². The molecule has 1 unspecified atom stereocenters. The predicted octanol–water partition coefficient (Wildman–Crippen LogP) is 3.23. The second-order valence-corrected chi connectivity index (χ2v) is 5.74. The lowest BCUT2D eigenvalue weighted by atomic mass is 9.94. The molecule has 5 heteroatoms. The van der Waals surface area contributed by atoms with Gasteiger partial charge in [0, 0.05) is 23.3 Å². The van der Waals surface area contributed by atoms with Crippen LogP contribution in [0, 0.1) is 6.92 Å². The first kappa shape index (κ1) is 14.9. The van der Waals surface area contributed by atoms with Crippen LogP contribution in [0.25, 0.3) is 0 Å². The fourth-order valence-electron chi connectivity index (χ4n) is 2.64. The molecule has 0 radical (unpaired) electrons. The number of rotatable bonds is 3. The standard InChI is InChI=1S/C17H17ClN2O2/c1-11-12(4-2-6-15(11)18)10-20-16(21)13-7-9-22-17-14(13)5-3-8-19-17/h2-6,8,13H,7,9-10H2,1H3,(H,20,21). The predicted molar refractivity (Wildman–Crippen MR) is 85.1 cm³/mol. The van der Waals surface area contributed by atoms with E-state index in [9.17, 15) is 4.79 Å². The molecule has 1 aromatic carbocycles. The summed E-state index contributed by atoms with van der Waals surface area (Å²) in [5.74, 6) is 0.349. The lowest BCUT2D eigenvalue weighted by molar-refractivity contribution is -0.123. The molecule has 1 aliphatic rings. The zero-order chi connectivity index (χ0) is 15.5. The Morgan fingerprint density at radius 3 is 3.14 bits per heavy atom. The molecule has 1 N–H and O–H groups in total. The monoisotopic (exact) mass is 316 g/mol. The molecule has 114 valence electrons. The number of hydrogen-bond donors (Lipinski definition) is 1. The summed E-state index contributed by atoms with van der Waals surface area (Å²) in [6, 6.07) is 9.44. The molecule has 0 saturated carbocycles. The molecule has 0 saturated heterocycles. The Kier molecular flexibility index (Phi) is 4.29. The van der Waals surface area contributed by atoms with E-state index in [1.165, 1.54) is 0 Å². The van der Waals surface area contributed by atoms with Gasteiger partial charge in [-0.1, -0.05) is 29.8 Å². The van der Waals surface area contributed by atoms with E-state index in [4.69, 9.17) is 16.3 Å². The SMILES string of the molecule is Cc1c(Cl)cccc1CNC(=O)C1CCOc2ncccc21. The number of nitrogens with zero attached hydrogens (tertiary/aromatic N) is 1. The fourth-order valence-corrected chi connectivity index (χ4v) is 2.83. The van der Waals surface area contributed by atoms with Crippen molar-refractivity contribution in [1.82, 2.24) is 10.3 Å². The van der Waals surface area contributed by atoms with Gasteiger partial charge in [-0.2, -0.15) is 0 Å². The third-order valence-electron chi connectivity index (χ3n) is 3.97. The quantitative estimate of drug-likeness (QED) is 0.946. The number of nitrogens with one attached hydrogen (secondary N) is 1. The maximum Gasteiger partial charge on any atom is 0.228 e. The number of fused-ring (bicyclic) bond motifs is 1. The van der Waals surface area contributed by atoms with Gasteiger partial charge in [0.05, 0.1) is 12.5 Å². The van der Waals surface area contributed by atoms with Crippen molar-refractivity contribution in [2.24, 2.45) is 0 Å². The van der Waals surface area contributed by atoms with Gasteiger partial charge in [-0.05, 0) is 36.6 Å². The first-order valence-corrected chi connectivity index (χ1v) is 7.64. The summed E-state index contributed by atoms with van der Waals surface area (Å²) in [6.45, 7) is 2.94. The third-order valence-corrected chi connectivity index (χ3v) is 4.38. The van der Waals surface area contributed by atoms with Crippen LogP contribution in [0.5, 0.6) is 5.88 Å². The van der Waals surface area contributed by atoms with Gasteiger partial charge < -0.3 is 10.1 Å². The molecule has 0 spiro atoms. The highest BCUT2D eigenvalue weighted by Gasteiger charge is 2.28. The largest absolute Gasteiger partial charge is 0.477 e. The zero-order valence-electron chi connectivity index (χ0n) is 12.3. The first-order chi connectivity index (χ1) is 10.7. The number of ether oxygens (including phenoxy) is 1. The van der Waals surface area contributed by atoms with Crippen LogP contribution in [-0.2, 0) is 11.3 Å². The van der Waals surface area contributed by atoms with Crippen molar-refractivity contribution in [3.8, 4) is 5.88 Å². The maximum atomic E-state index is 12.5. The number of benzene rings is 1. The van der Waals surface area contributed by atoms with E-state index in [1.807, 2.05) is 37.3 Å². The lowest BCUT2D eigenvalue weighted by Crippen LogP contribution is -2.32. The molecule has 22 heavy (non-hydrogen) atoms. The van der Waals surface area contributed by atoms with Gasteiger partial charge in [0.1, 0.15) is 0 Å². The average Bonchev–Trinajstić information content (AvgIpc) is 2.55. The van der Waals surface area contributed by atoms with E-state index in [-0.39, 0.29) is 11.8 Å². The minimum atomic E-state index is -0.211. The molecular weight excluding hydrogens is 300 g/mol. The van der Waals surface area contributed by atoms with Crippen molar-refractivity contribution in [3.05, 3.63) is 58.2 Å². The zero-order valence-corrected chi connectivity index (χ0v) is 13.1. The number of hydrogen-bond acceptors (Lipinski definition) is 3. The summed E-state index contributed by atoms with van der Waals surface area (Å²) in [7, 11) is 0. The molecule has 0 aliphatic carbocycles. The van der Waals surface area contributed by atoms with Crippen LogP contribution >= 0.6 is 11.6 Å². The summed E-state index contributed by atoms with van der Waals surface area (Å²) >= 11 is 6.11. The molecule has 1 aliphatic heterocycles. The van der Waals surface area contributed by atoms with Gasteiger partial charge in [0.15, 0.2) is 0 Å². The highest BCUT2D eigenvalue weighted by atomic mass is 35.5. The van der Waals surface area contributed by atoms with Gasteiger partial charge in [-0.15, -0.1) is 0 Å². The Balaban J connectivity index is 1.72. The average molecular weight is 317 g/mol. The highest BCUT2D eigenvalue weighted by molar-refractivity contribution is 6.31. The molecule has 4 nitrogen and oxygen atoms in total. The summed E-state index contributed by atoms with van der Waals surface area (Å²) in [5, 5.41) is 3.71. The summed E-state index contributed by atoms with van der Waals surface area (Å²) in [6.07, 6.45) is 2.34. The van der Waals surface area contributed by atoms with Crippen molar-refractivity contribution in [1.29, 1.82) is 0 Å². The van der Waals surface area contributed by atoms with Crippen LogP contribution in [0.3, 0.4) is 0 Å². The van der Waals surface area contributed by atoms with Crippen molar-refractivity contribution in [2.75, 3.05) is 6.61 Å². The number of carbonyl (C=O) groups is 1. The van der Waals surface area contributed by atoms with Gasteiger partial charge >= 0.3 is 0 Å². The molecule has 0 fully saturated rings. The van der Waals surface area contributed by atoms with Gasteiger partial charge in [-0.25, -0.2) is 4.98 Å². The van der Waals surface area contributed by atoms with E-state index >= 15 is 0 Å². The molecule has 3 rings (SSSR count). The lowest BCUT2D eigenvalue weighted by Gasteiger charge is -2.24. The van der Waals surface area contributed by atoms with Crippen LogP contribution in [0.4, 0.5) is 0 Å². The minimum absolute atomic E-state index is 0.00285. The molecule has 1 amide bonds. The van der Waals surface area contributed by atoms with E-state index in [0.29, 0.717) is 30.5 Å². The topological polar surface area (TPSA) is 51.2 Å². The third kappa shape index (κ3) is 2.92. The fraction of sp³-hybridized carbons (Fsp3) is 0.294. The Hall–Kier alpha value is -2.07. The van der Waals surface area contributed by atoms with Crippen LogP contribution in [0.2, 0.25) is 5.02 Å².